The molecule has 3 heteroatoms. The van der Waals surface area contributed by atoms with Crippen LogP contribution in [0.2, 0.25) is 0 Å². The van der Waals surface area contributed by atoms with Crippen LogP contribution in [0.4, 0.5) is 0 Å². The summed E-state index contributed by atoms with van der Waals surface area (Å²) in [5.74, 6) is 0. The fourth-order valence-corrected chi connectivity index (χ4v) is 1.66. The van der Waals surface area contributed by atoms with Crippen molar-refractivity contribution in [2.45, 2.75) is 26.1 Å². The fraction of sp³-hybridized carbons (Fsp3) is 0.600. The number of rotatable bonds is 0. The van der Waals surface area contributed by atoms with E-state index in [9.17, 15) is 0 Å². The molecule has 74 valence electrons. The molecule has 0 bridgehead atoms. The van der Waals surface area contributed by atoms with Gasteiger partial charge in [0.1, 0.15) is 0 Å². The highest BCUT2D eigenvalue weighted by atomic mass is 32.1. The van der Waals surface area contributed by atoms with Crippen molar-refractivity contribution < 1.29 is 4.74 Å². The number of thiophene rings is 1. The quantitative estimate of drug-likeness (QED) is 0.691. The Morgan fingerprint density at radius 3 is 1.92 bits per heavy atom. The van der Waals surface area contributed by atoms with Gasteiger partial charge in [-0.2, -0.15) is 11.3 Å². The number of hydrogen-bond acceptors (Lipinski definition) is 3. The van der Waals surface area contributed by atoms with Gasteiger partial charge in [0.25, 0.3) is 0 Å². The molecular weight excluding hydrogens is 182 g/mol. The highest BCUT2D eigenvalue weighted by Crippen LogP contribution is 2.00. The maximum Gasteiger partial charge on any atom is 0.0675 e. The van der Waals surface area contributed by atoms with Crippen LogP contribution in [-0.2, 0) is 4.74 Å². The Labute approximate surface area is 83.9 Å². The molecule has 2 heterocycles. The zero-order valence-corrected chi connectivity index (χ0v) is 9.01. The average molecular weight is 199 g/mol. The minimum atomic E-state index is 0.402. The summed E-state index contributed by atoms with van der Waals surface area (Å²) in [4.78, 5) is 0. The molecule has 2 rings (SSSR count). The molecule has 2 nitrogen and oxygen atoms in total. The van der Waals surface area contributed by atoms with Gasteiger partial charge in [0.05, 0.1) is 12.2 Å². The van der Waals surface area contributed by atoms with Crippen molar-refractivity contribution in [2.24, 2.45) is 0 Å². The van der Waals surface area contributed by atoms with Gasteiger partial charge < -0.3 is 10.1 Å². The highest BCUT2D eigenvalue weighted by molar-refractivity contribution is 7.07. The van der Waals surface area contributed by atoms with Gasteiger partial charge in [0, 0.05) is 13.1 Å². The summed E-state index contributed by atoms with van der Waals surface area (Å²) in [6, 6.07) is 4.04. The minimum Gasteiger partial charge on any atom is -0.373 e. The molecule has 2 unspecified atom stereocenters. The standard InChI is InChI=1S/C6H13NO.C4H4S/c1-5-3-7-4-6(2)8-5;1-2-4-5-3-1/h5-7H,3-4H2,1-2H3;1-4H. The van der Waals surface area contributed by atoms with Crippen molar-refractivity contribution >= 4 is 11.3 Å². The third-order valence-corrected chi connectivity index (χ3v) is 2.38. The van der Waals surface area contributed by atoms with Gasteiger partial charge in [-0.05, 0) is 24.6 Å². The summed E-state index contributed by atoms with van der Waals surface area (Å²) in [6.07, 6.45) is 0.803. The third kappa shape index (κ3) is 5.03. The Bertz CT molecular complexity index is 175. The van der Waals surface area contributed by atoms with Crippen LogP contribution >= 0.6 is 11.3 Å². The van der Waals surface area contributed by atoms with Crippen molar-refractivity contribution in [3.8, 4) is 0 Å². The summed E-state index contributed by atoms with van der Waals surface area (Å²) in [5.41, 5.74) is 0. The zero-order valence-electron chi connectivity index (χ0n) is 8.19. The molecule has 0 saturated carbocycles. The lowest BCUT2D eigenvalue weighted by Crippen LogP contribution is -2.41. The Kier molecular flexibility index (Phi) is 5.05. The molecule has 0 amide bonds. The first kappa shape index (κ1) is 10.7. The Morgan fingerprint density at radius 1 is 1.15 bits per heavy atom. The molecule has 0 aliphatic carbocycles. The van der Waals surface area contributed by atoms with Crippen LogP contribution < -0.4 is 5.32 Å². The van der Waals surface area contributed by atoms with E-state index in [2.05, 4.69) is 19.2 Å². The summed E-state index contributed by atoms with van der Waals surface area (Å²) in [7, 11) is 0. The van der Waals surface area contributed by atoms with Gasteiger partial charge in [-0.25, -0.2) is 0 Å². The molecular formula is C10H17NOS. The predicted octanol–water partition coefficient (Wildman–Crippen LogP) is 2.13. The number of morpholine rings is 1. The van der Waals surface area contributed by atoms with Gasteiger partial charge in [0.2, 0.25) is 0 Å². The van der Waals surface area contributed by atoms with Gasteiger partial charge in [-0.3, -0.25) is 0 Å². The van der Waals surface area contributed by atoms with Crippen LogP contribution in [0.15, 0.2) is 22.9 Å². The summed E-state index contributed by atoms with van der Waals surface area (Å²) in [6.45, 7) is 6.18. The molecule has 0 aromatic carbocycles. The van der Waals surface area contributed by atoms with E-state index in [1.807, 2.05) is 22.9 Å². The highest BCUT2D eigenvalue weighted by Gasteiger charge is 2.12. The first-order chi connectivity index (χ1) is 6.29. The topological polar surface area (TPSA) is 21.3 Å². The Morgan fingerprint density at radius 2 is 1.69 bits per heavy atom. The molecule has 1 N–H and O–H groups in total. The van der Waals surface area contributed by atoms with E-state index in [0.717, 1.165) is 13.1 Å². The van der Waals surface area contributed by atoms with E-state index in [4.69, 9.17) is 4.74 Å². The minimum absolute atomic E-state index is 0.402. The van der Waals surface area contributed by atoms with Crippen LogP contribution in [0.5, 0.6) is 0 Å². The Balaban J connectivity index is 0.000000145. The summed E-state index contributed by atoms with van der Waals surface area (Å²) < 4.78 is 5.42. The molecule has 1 fully saturated rings. The molecule has 1 aliphatic heterocycles. The van der Waals surface area contributed by atoms with Gasteiger partial charge >= 0.3 is 0 Å². The predicted molar refractivity (Wildman–Crippen MR) is 57.2 cm³/mol. The zero-order chi connectivity index (χ0) is 9.52. The number of hydrogen-bond donors (Lipinski definition) is 1. The molecule has 13 heavy (non-hydrogen) atoms. The monoisotopic (exact) mass is 199 g/mol. The third-order valence-electron chi connectivity index (χ3n) is 1.75. The van der Waals surface area contributed by atoms with E-state index in [1.54, 1.807) is 11.3 Å². The number of nitrogens with one attached hydrogen (secondary N) is 1. The van der Waals surface area contributed by atoms with Gasteiger partial charge in [0.15, 0.2) is 0 Å². The Hall–Kier alpha value is -0.380. The summed E-state index contributed by atoms with van der Waals surface area (Å²) >= 11 is 1.71. The molecule has 1 aromatic heterocycles. The van der Waals surface area contributed by atoms with E-state index in [0.29, 0.717) is 12.2 Å². The van der Waals surface area contributed by atoms with Crippen LogP contribution in [-0.4, -0.2) is 25.3 Å². The molecule has 1 saturated heterocycles. The van der Waals surface area contributed by atoms with Gasteiger partial charge in [-0.1, -0.05) is 12.1 Å². The van der Waals surface area contributed by atoms with Crippen molar-refractivity contribution in [1.82, 2.24) is 5.32 Å². The lowest BCUT2D eigenvalue weighted by atomic mass is 10.3. The molecule has 1 aromatic rings. The first-order valence-corrected chi connectivity index (χ1v) is 5.56. The van der Waals surface area contributed by atoms with E-state index in [1.165, 1.54) is 0 Å². The van der Waals surface area contributed by atoms with Crippen LogP contribution in [0.3, 0.4) is 0 Å². The first-order valence-electron chi connectivity index (χ1n) is 4.62. The second-order valence-electron chi connectivity index (χ2n) is 3.21. The van der Waals surface area contributed by atoms with Gasteiger partial charge in [-0.15, -0.1) is 0 Å². The van der Waals surface area contributed by atoms with E-state index in [-0.39, 0.29) is 0 Å². The second-order valence-corrected chi connectivity index (χ2v) is 4.03. The lowest BCUT2D eigenvalue weighted by Gasteiger charge is -2.25. The normalized spacial score (nSPS) is 27.5. The average Bonchev–Trinajstić information content (AvgIpc) is 2.59. The van der Waals surface area contributed by atoms with Crippen molar-refractivity contribution in [3.05, 3.63) is 22.9 Å². The second kappa shape index (κ2) is 6.13. The van der Waals surface area contributed by atoms with Crippen molar-refractivity contribution in [3.63, 3.8) is 0 Å². The molecule has 0 spiro atoms. The van der Waals surface area contributed by atoms with Crippen LogP contribution in [0.1, 0.15) is 13.8 Å². The van der Waals surface area contributed by atoms with E-state index < -0.39 is 0 Å². The molecule has 2 atom stereocenters. The maximum absolute atomic E-state index is 5.42. The van der Waals surface area contributed by atoms with Crippen LogP contribution in [0.25, 0.3) is 0 Å². The fourth-order valence-electron chi connectivity index (χ4n) is 1.21. The lowest BCUT2D eigenvalue weighted by molar-refractivity contribution is -0.0166. The van der Waals surface area contributed by atoms with Crippen LogP contribution in [0, 0.1) is 0 Å². The molecule has 1 aliphatic rings. The van der Waals surface area contributed by atoms with E-state index >= 15 is 0 Å². The SMILES string of the molecule is CC1CNCC(C)O1.c1ccsc1. The largest absolute Gasteiger partial charge is 0.373 e. The smallest absolute Gasteiger partial charge is 0.0675 e. The summed E-state index contributed by atoms with van der Waals surface area (Å²) in [5, 5.41) is 7.34. The molecule has 0 radical (unpaired) electrons. The van der Waals surface area contributed by atoms with Crippen molar-refractivity contribution in [1.29, 1.82) is 0 Å². The number of ether oxygens (including phenoxy) is 1. The maximum atomic E-state index is 5.42. The van der Waals surface area contributed by atoms with Crippen molar-refractivity contribution in [2.75, 3.05) is 13.1 Å².